The number of phenols is 1. The molecular formula is C20H24O3. The van der Waals surface area contributed by atoms with Crippen molar-refractivity contribution in [2.45, 2.75) is 39.0 Å². The van der Waals surface area contributed by atoms with E-state index in [-0.39, 0.29) is 5.97 Å². The predicted octanol–water partition coefficient (Wildman–Crippen LogP) is 4.23. The Bertz CT molecular complexity index is 632. The Morgan fingerprint density at radius 1 is 1.13 bits per heavy atom. The van der Waals surface area contributed by atoms with Crippen molar-refractivity contribution in [3.05, 3.63) is 65.2 Å². The third kappa shape index (κ3) is 5.44. The van der Waals surface area contributed by atoms with Crippen molar-refractivity contribution in [1.82, 2.24) is 0 Å². The number of ether oxygens (including phenoxy) is 1. The molecule has 0 aliphatic carbocycles. The SMILES string of the molecule is CCC(=O)OCCc1cccc(C[C@@H](C)c2ccc(O)cc2)c1. The lowest BCUT2D eigenvalue weighted by molar-refractivity contribution is -0.143. The quantitative estimate of drug-likeness (QED) is 0.778. The Labute approximate surface area is 137 Å². The second kappa shape index (κ2) is 8.37. The van der Waals surface area contributed by atoms with E-state index in [1.165, 1.54) is 16.7 Å². The highest BCUT2D eigenvalue weighted by Crippen LogP contribution is 2.23. The van der Waals surface area contributed by atoms with Crippen molar-refractivity contribution in [3.63, 3.8) is 0 Å². The van der Waals surface area contributed by atoms with Crippen LogP contribution in [-0.2, 0) is 22.4 Å². The Hall–Kier alpha value is -2.29. The summed E-state index contributed by atoms with van der Waals surface area (Å²) in [5.41, 5.74) is 3.67. The zero-order valence-electron chi connectivity index (χ0n) is 13.8. The lowest BCUT2D eigenvalue weighted by Crippen LogP contribution is -2.06. The molecule has 122 valence electrons. The number of carbonyl (C=O) groups is 1. The molecule has 0 spiro atoms. The molecule has 2 aromatic carbocycles. The summed E-state index contributed by atoms with van der Waals surface area (Å²) >= 11 is 0. The van der Waals surface area contributed by atoms with Crippen molar-refractivity contribution in [2.24, 2.45) is 0 Å². The fourth-order valence-corrected chi connectivity index (χ4v) is 2.57. The highest BCUT2D eigenvalue weighted by molar-refractivity contribution is 5.68. The molecule has 2 aromatic rings. The highest BCUT2D eigenvalue weighted by Gasteiger charge is 2.08. The zero-order chi connectivity index (χ0) is 16.7. The van der Waals surface area contributed by atoms with Gasteiger partial charge in [0.15, 0.2) is 0 Å². The number of esters is 1. The third-order valence-corrected chi connectivity index (χ3v) is 3.94. The van der Waals surface area contributed by atoms with Crippen molar-refractivity contribution < 1.29 is 14.6 Å². The number of phenolic OH excluding ortho intramolecular Hbond substituents is 1. The van der Waals surface area contributed by atoms with Gasteiger partial charge in [0.05, 0.1) is 6.61 Å². The molecule has 0 saturated carbocycles. The van der Waals surface area contributed by atoms with Gasteiger partial charge in [-0.3, -0.25) is 4.79 Å². The standard InChI is InChI=1S/C20H24O3/c1-3-20(22)23-12-11-16-5-4-6-17(14-16)13-15(2)18-7-9-19(21)10-8-18/h4-10,14-15,21H,3,11-13H2,1-2H3/t15-/m1/s1. The average molecular weight is 312 g/mol. The molecular weight excluding hydrogens is 288 g/mol. The molecule has 0 fully saturated rings. The smallest absolute Gasteiger partial charge is 0.305 e. The van der Waals surface area contributed by atoms with Crippen LogP contribution in [0.4, 0.5) is 0 Å². The van der Waals surface area contributed by atoms with E-state index in [2.05, 4.69) is 31.2 Å². The first-order chi connectivity index (χ1) is 11.1. The maximum Gasteiger partial charge on any atom is 0.305 e. The van der Waals surface area contributed by atoms with Gasteiger partial charge in [0.2, 0.25) is 0 Å². The van der Waals surface area contributed by atoms with E-state index in [1.807, 2.05) is 12.1 Å². The van der Waals surface area contributed by atoms with E-state index >= 15 is 0 Å². The second-order valence-electron chi connectivity index (χ2n) is 5.84. The van der Waals surface area contributed by atoms with Crippen molar-refractivity contribution in [2.75, 3.05) is 6.61 Å². The molecule has 0 bridgehead atoms. The molecule has 0 saturated heterocycles. The molecule has 1 N–H and O–H groups in total. The van der Waals surface area contributed by atoms with Gasteiger partial charge in [0.1, 0.15) is 5.75 Å². The summed E-state index contributed by atoms with van der Waals surface area (Å²) < 4.78 is 5.13. The van der Waals surface area contributed by atoms with Crippen molar-refractivity contribution in [1.29, 1.82) is 0 Å². The van der Waals surface area contributed by atoms with E-state index in [0.29, 0.717) is 24.7 Å². The summed E-state index contributed by atoms with van der Waals surface area (Å²) in [6.45, 7) is 4.42. The molecule has 23 heavy (non-hydrogen) atoms. The van der Waals surface area contributed by atoms with Crippen LogP contribution in [-0.4, -0.2) is 17.7 Å². The normalized spacial score (nSPS) is 11.9. The lowest BCUT2D eigenvalue weighted by Gasteiger charge is -2.13. The molecule has 0 radical (unpaired) electrons. The summed E-state index contributed by atoms with van der Waals surface area (Å²) in [7, 11) is 0. The largest absolute Gasteiger partial charge is 0.508 e. The lowest BCUT2D eigenvalue weighted by atomic mass is 9.93. The summed E-state index contributed by atoms with van der Waals surface area (Å²) in [4.78, 5) is 11.2. The number of benzene rings is 2. The average Bonchev–Trinajstić information content (AvgIpc) is 2.55. The van der Waals surface area contributed by atoms with Crippen LogP contribution in [0.1, 0.15) is 42.9 Å². The molecule has 0 aliphatic rings. The fourth-order valence-electron chi connectivity index (χ4n) is 2.57. The number of hydrogen-bond acceptors (Lipinski definition) is 3. The van der Waals surface area contributed by atoms with Gasteiger partial charge in [-0.2, -0.15) is 0 Å². The van der Waals surface area contributed by atoms with Crippen LogP contribution < -0.4 is 0 Å². The van der Waals surface area contributed by atoms with E-state index in [1.54, 1.807) is 19.1 Å². The first-order valence-electron chi connectivity index (χ1n) is 8.11. The Balaban J connectivity index is 1.93. The topological polar surface area (TPSA) is 46.5 Å². The Morgan fingerprint density at radius 3 is 2.52 bits per heavy atom. The monoisotopic (exact) mass is 312 g/mol. The number of carbonyl (C=O) groups excluding carboxylic acids is 1. The summed E-state index contributed by atoms with van der Waals surface area (Å²) in [5, 5.41) is 9.37. The number of hydrogen-bond donors (Lipinski definition) is 1. The highest BCUT2D eigenvalue weighted by atomic mass is 16.5. The second-order valence-corrected chi connectivity index (χ2v) is 5.84. The van der Waals surface area contributed by atoms with Crippen LogP contribution in [0, 0.1) is 0 Å². The molecule has 0 aromatic heterocycles. The summed E-state index contributed by atoms with van der Waals surface area (Å²) in [6.07, 6.45) is 2.10. The van der Waals surface area contributed by atoms with Crippen molar-refractivity contribution in [3.8, 4) is 5.75 Å². The van der Waals surface area contributed by atoms with Crippen LogP contribution >= 0.6 is 0 Å². The Kier molecular flexibility index (Phi) is 6.21. The molecule has 0 aliphatic heterocycles. The van der Waals surface area contributed by atoms with Gasteiger partial charge in [0.25, 0.3) is 0 Å². The zero-order valence-corrected chi connectivity index (χ0v) is 13.8. The number of rotatable bonds is 7. The maximum atomic E-state index is 11.2. The predicted molar refractivity (Wildman–Crippen MR) is 91.6 cm³/mol. The molecule has 0 unspecified atom stereocenters. The molecule has 0 heterocycles. The maximum absolute atomic E-state index is 11.2. The summed E-state index contributed by atoms with van der Waals surface area (Å²) in [6, 6.07) is 15.8. The molecule has 2 rings (SSSR count). The van der Waals surface area contributed by atoms with E-state index < -0.39 is 0 Å². The van der Waals surface area contributed by atoms with Gasteiger partial charge in [0, 0.05) is 12.8 Å². The minimum absolute atomic E-state index is 0.151. The van der Waals surface area contributed by atoms with Crippen LogP contribution in [0.5, 0.6) is 5.75 Å². The number of aromatic hydroxyl groups is 1. The first-order valence-corrected chi connectivity index (χ1v) is 8.11. The van der Waals surface area contributed by atoms with Gasteiger partial charge in [-0.05, 0) is 41.2 Å². The third-order valence-electron chi connectivity index (χ3n) is 3.94. The first kappa shape index (κ1) is 17.1. The minimum atomic E-state index is -0.151. The van der Waals surface area contributed by atoms with Crippen LogP contribution in [0.2, 0.25) is 0 Å². The summed E-state index contributed by atoms with van der Waals surface area (Å²) in [5.74, 6) is 0.524. The van der Waals surface area contributed by atoms with E-state index in [9.17, 15) is 9.90 Å². The van der Waals surface area contributed by atoms with Gasteiger partial charge < -0.3 is 9.84 Å². The fraction of sp³-hybridized carbons (Fsp3) is 0.350. The van der Waals surface area contributed by atoms with Crippen LogP contribution in [0.3, 0.4) is 0 Å². The van der Waals surface area contributed by atoms with Crippen molar-refractivity contribution >= 4 is 5.97 Å². The van der Waals surface area contributed by atoms with Crippen LogP contribution in [0.25, 0.3) is 0 Å². The Morgan fingerprint density at radius 2 is 1.83 bits per heavy atom. The van der Waals surface area contributed by atoms with Crippen LogP contribution in [0.15, 0.2) is 48.5 Å². The van der Waals surface area contributed by atoms with Gasteiger partial charge >= 0.3 is 5.97 Å². The molecule has 3 nitrogen and oxygen atoms in total. The molecule has 1 atom stereocenters. The molecule has 0 amide bonds. The minimum Gasteiger partial charge on any atom is -0.508 e. The van der Waals surface area contributed by atoms with Gasteiger partial charge in [-0.15, -0.1) is 0 Å². The van der Waals surface area contributed by atoms with Gasteiger partial charge in [-0.1, -0.05) is 50.2 Å². The van der Waals surface area contributed by atoms with E-state index in [0.717, 1.165) is 12.8 Å². The van der Waals surface area contributed by atoms with E-state index in [4.69, 9.17) is 4.74 Å². The molecule has 3 heteroatoms. The van der Waals surface area contributed by atoms with Gasteiger partial charge in [-0.25, -0.2) is 0 Å².